The van der Waals surface area contributed by atoms with E-state index in [1.54, 1.807) is 17.9 Å². The molecule has 1 aromatic rings. The molecule has 15 heavy (non-hydrogen) atoms. The van der Waals surface area contributed by atoms with E-state index in [1.807, 2.05) is 6.07 Å². The fourth-order valence-corrected chi connectivity index (χ4v) is 1.93. The Morgan fingerprint density at radius 2 is 2.33 bits per heavy atom. The van der Waals surface area contributed by atoms with Crippen LogP contribution in [0.5, 0.6) is 0 Å². The van der Waals surface area contributed by atoms with Crippen LogP contribution < -0.4 is 11.3 Å². The quantitative estimate of drug-likeness (QED) is 0.520. The van der Waals surface area contributed by atoms with Gasteiger partial charge in [0.1, 0.15) is 9.84 Å². The van der Waals surface area contributed by atoms with Gasteiger partial charge in [-0.1, -0.05) is 0 Å². The number of aryl methyl sites for hydroxylation is 1. The van der Waals surface area contributed by atoms with Crippen molar-refractivity contribution < 1.29 is 8.42 Å². The highest BCUT2D eigenvalue weighted by Crippen LogP contribution is 2.13. The Morgan fingerprint density at radius 3 is 2.73 bits per heavy atom. The summed E-state index contributed by atoms with van der Waals surface area (Å²) in [5, 5.41) is 4.16. The third kappa shape index (κ3) is 3.98. The van der Waals surface area contributed by atoms with Gasteiger partial charge in [-0.2, -0.15) is 5.10 Å². The molecule has 0 saturated carbocycles. The third-order valence-corrected chi connectivity index (χ3v) is 3.05. The van der Waals surface area contributed by atoms with Gasteiger partial charge in [0.25, 0.3) is 0 Å². The first-order valence-electron chi connectivity index (χ1n) is 4.56. The second kappa shape index (κ2) is 4.73. The van der Waals surface area contributed by atoms with Crippen LogP contribution in [0.25, 0.3) is 0 Å². The summed E-state index contributed by atoms with van der Waals surface area (Å²) in [6.45, 7) is 0. The van der Waals surface area contributed by atoms with Crippen molar-refractivity contribution in [1.29, 1.82) is 0 Å². The third-order valence-electron chi connectivity index (χ3n) is 2.07. The molecule has 0 bridgehead atoms. The van der Waals surface area contributed by atoms with E-state index in [1.165, 1.54) is 6.26 Å². The molecule has 3 N–H and O–H groups in total. The summed E-state index contributed by atoms with van der Waals surface area (Å²) in [5.74, 6) is 5.44. The van der Waals surface area contributed by atoms with E-state index in [0.29, 0.717) is 6.42 Å². The van der Waals surface area contributed by atoms with Crippen molar-refractivity contribution >= 4 is 9.84 Å². The van der Waals surface area contributed by atoms with Gasteiger partial charge in [-0.05, 0) is 12.5 Å². The Bertz CT molecular complexity index is 412. The molecule has 1 atom stereocenters. The average molecular weight is 232 g/mol. The molecule has 0 aliphatic carbocycles. The fourth-order valence-electron chi connectivity index (χ4n) is 1.27. The van der Waals surface area contributed by atoms with E-state index >= 15 is 0 Å². The standard InChI is InChI=1S/C8H16N4O2S/c1-12-5-3-8(11-12)7(10-9)4-6-15(2,13)14/h3,5,7,10H,4,6,9H2,1-2H3. The van der Waals surface area contributed by atoms with E-state index < -0.39 is 9.84 Å². The molecule has 0 amide bonds. The van der Waals surface area contributed by atoms with Gasteiger partial charge in [-0.3, -0.25) is 16.0 Å². The summed E-state index contributed by atoms with van der Waals surface area (Å²) < 4.78 is 23.6. The van der Waals surface area contributed by atoms with Crippen LogP contribution in [0.1, 0.15) is 18.2 Å². The molecular formula is C8H16N4O2S. The highest BCUT2D eigenvalue weighted by atomic mass is 32.2. The number of aromatic nitrogens is 2. The number of rotatable bonds is 5. The maximum atomic E-state index is 11.0. The minimum atomic E-state index is -2.96. The SMILES string of the molecule is Cn1ccc(C(CCS(C)(=O)=O)NN)n1. The molecule has 0 aliphatic rings. The van der Waals surface area contributed by atoms with Gasteiger partial charge in [0, 0.05) is 19.5 Å². The second-order valence-electron chi connectivity index (χ2n) is 3.55. The van der Waals surface area contributed by atoms with Gasteiger partial charge in [0.15, 0.2) is 0 Å². The molecule has 6 nitrogen and oxygen atoms in total. The monoisotopic (exact) mass is 232 g/mol. The Hall–Kier alpha value is -0.920. The van der Waals surface area contributed by atoms with Crippen molar-refractivity contribution in [3.63, 3.8) is 0 Å². The van der Waals surface area contributed by atoms with Gasteiger partial charge in [-0.15, -0.1) is 0 Å². The summed E-state index contributed by atoms with van der Waals surface area (Å²) in [4.78, 5) is 0. The molecule has 0 radical (unpaired) electrons. The maximum Gasteiger partial charge on any atom is 0.147 e. The zero-order chi connectivity index (χ0) is 11.5. The van der Waals surface area contributed by atoms with Crippen LogP contribution in [0.3, 0.4) is 0 Å². The summed E-state index contributed by atoms with van der Waals surface area (Å²) in [6.07, 6.45) is 3.42. The van der Waals surface area contributed by atoms with Gasteiger partial charge in [0.05, 0.1) is 17.5 Å². The van der Waals surface area contributed by atoms with E-state index in [-0.39, 0.29) is 11.8 Å². The largest absolute Gasteiger partial charge is 0.275 e. The van der Waals surface area contributed by atoms with E-state index in [9.17, 15) is 8.42 Å². The van der Waals surface area contributed by atoms with Crippen LogP contribution in [0.15, 0.2) is 12.3 Å². The van der Waals surface area contributed by atoms with Crippen LogP contribution in [-0.2, 0) is 16.9 Å². The maximum absolute atomic E-state index is 11.0. The Kier molecular flexibility index (Phi) is 3.83. The first-order chi connectivity index (χ1) is 6.92. The molecule has 0 saturated heterocycles. The van der Waals surface area contributed by atoms with Crippen molar-refractivity contribution in [2.75, 3.05) is 12.0 Å². The molecule has 0 aliphatic heterocycles. The predicted molar refractivity (Wildman–Crippen MR) is 57.6 cm³/mol. The molecule has 0 fully saturated rings. The van der Waals surface area contributed by atoms with Crippen molar-refractivity contribution in [1.82, 2.24) is 15.2 Å². The molecule has 86 valence electrons. The number of nitrogens with two attached hydrogens (primary N) is 1. The lowest BCUT2D eigenvalue weighted by Crippen LogP contribution is -2.30. The number of nitrogens with zero attached hydrogens (tertiary/aromatic N) is 2. The smallest absolute Gasteiger partial charge is 0.147 e. The van der Waals surface area contributed by atoms with E-state index in [4.69, 9.17) is 5.84 Å². The van der Waals surface area contributed by atoms with Crippen LogP contribution >= 0.6 is 0 Å². The minimum Gasteiger partial charge on any atom is -0.275 e. The number of hydrazine groups is 1. The zero-order valence-corrected chi connectivity index (χ0v) is 9.66. The summed E-state index contributed by atoms with van der Waals surface area (Å²) in [5.41, 5.74) is 3.32. The van der Waals surface area contributed by atoms with Gasteiger partial charge in [0.2, 0.25) is 0 Å². The van der Waals surface area contributed by atoms with Crippen LogP contribution in [0.2, 0.25) is 0 Å². The number of hydrogen-bond donors (Lipinski definition) is 2. The van der Waals surface area contributed by atoms with Crippen LogP contribution in [-0.4, -0.2) is 30.2 Å². The van der Waals surface area contributed by atoms with Gasteiger partial charge in [-0.25, -0.2) is 8.42 Å². The number of nitrogens with one attached hydrogen (secondary N) is 1. The van der Waals surface area contributed by atoms with Crippen molar-refractivity contribution in [2.24, 2.45) is 12.9 Å². The Labute approximate surface area is 89.3 Å². The molecular weight excluding hydrogens is 216 g/mol. The van der Waals surface area contributed by atoms with Crippen LogP contribution in [0, 0.1) is 0 Å². The van der Waals surface area contributed by atoms with Gasteiger partial charge >= 0.3 is 0 Å². The summed E-state index contributed by atoms with van der Waals surface area (Å²) in [7, 11) is -1.16. The molecule has 1 unspecified atom stereocenters. The molecule has 1 rings (SSSR count). The van der Waals surface area contributed by atoms with Crippen molar-refractivity contribution in [2.45, 2.75) is 12.5 Å². The van der Waals surface area contributed by atoms with E-state index in [2.05, 4.69) is 10.5 Å². The second-order valence-corrected chi connectivity index (χ2v) is 5.81. The topological polar surface area (TPSA) is 90.0 Å². The number of hydrogen-bond acceptors (Lipinski definition) is 5. The average Bonchev–Trinajstić information content (AvgIpc) is 2.51. The molecule has 1 aromatic heterocycles. The first-order valence-corrected chi connectivity index (χ1v) is 6.62. The first kappa shape index (κ1) is 12.2. The molecule has 1 heterocycles. The van der Waals surface area contributed by atoms with Crippen molar-refractivity contribution in [3.8, 4) is 0 Å². The van der Waals surface area contributed by atoms with Crippen LogP contribution in [0.4, 0.5) is 0 Å². The lowest BCUT2D eigenvalue weighted by Gasteiger charge is -2.12. The molecule has 7 heteroatoms. The lowest BCUT2D eigenvalue weighted by molar-refractivity contribution is 0.513. The summed E-state index contributed by atoms with van der Waals surface area (Å²) in [6, 6.07) is 1.59. The fraction of sp³-hybridized carbons (Fsp3) is 0.625. The molecule has 0 aromatic carbocycles. The van der Waals surface area contributed by atoms with Gasteiger partial charge < -0.3 is 0 Å². The number of sulfone groups is 1. The normalized spacial score (nSPS) is 14.1. The highest BCUT2D eigenvalue weighted by molar-refractivity contribution is 7.90. The predicted octanol–water partition coefficient (Wildman–Crippen LogP) is -0.641. The Morgan fingerprint density at radius 1 is 1.67 bits per heavy atom. The lowest BCUT2D eigenvalue weighted by atomic mass is 10.2. The Balaban J connectivity index is 2.65. The van der Waals surface area contributed by atoms with E-state index in [0.717, 1.165) is 5.69 Å². The van der Waals surface area contributed by atoms with Crippen molar-refractivity contribution in [3.05, 3.63) is 18.0 Å². The minimum absolute atomic E-state index is 0.0957. The molecule has 0 spiro atoms. The summed E-state index contributed by atoms with van der Waals surface area (Å²) >= 11 is 0. The highest BCUT2D eigenvalue weighted by Gasteiger charge is 2.14. The zero-order valence-electron chi connectivity index (χ0n) is 8.84.